The van der Waals surface area contributed by atoms with Gasteiger partial charge in [0.2, 0.25) is 0 Å². The predicted molar refractivity (Wildman–Crippen MR) is 69.5 cm³/mol. The quantitative estimate of drug-likeness (QED) is 0.790. The first-order valence-corrected chi connectivity index (χ1v) is 7.22. The van der Waals surface area contributed by atoms with E-state index in [1.54, 1.807) is 12.1 Å². The predicted octanol–water partition coefficient (Wildman–Crippen LogP) is 1.47. The Morgan fingerprint density at radius 1 is 1.50 bits per heavy atom. The third-order valence-corrected chi connectivity index (χ3v) is 4.14. The Hall–Kier alpha value is -1.38. The van der Waals surface area contributed by atoms with Crippen molar-refractivity contribution in [2.75, 3.05) is 4.72 Å². The Morgan fingerprint density at radius 3 is 2.89 bits per heavy atom. The monoisotopic (exact) mass is 331 g/mol. The van der Waals surface area contributed by atoms with Crippen LogP contribution in [0.3, 0.4) is 0 Å². The Balaban J connectivity index is 2.30. The highest BCUT2D eigenvalue weighted by Gasteiger charge is 2.17. The highest BCUT2D eigenvalue weighted by atomic mass is 79.9. The van der Waals surface area contributed by atoms with E-state index in [1.165, 1.54) is 18.5 Å². The molecule has 0 saturated heterocycles. The first kappa shape index (κ1) is 13.1. The zero-order valence-corrected chi connectivity index (χ0v) is 11.5. The van der Waals surface area contributed by atoms with Crippen molar-refractivity contribution in [1.29, 1.82) is 0 Å². The van der Waals surface area contributed by atoms with E-state index in [2.05, 4.69) is 30.6 Å². The molecule has 2 aromatic heterocycles. The molecule has 0 saturated carbocycles. The summed E-state index contributed by atoms with van der Waals surface area (Å²) in [5.41, 5.74) is 0.426. The Labute approximate surface area is 112 Å². The van der Waals surface area contributed by atoms with Crippen LogP contribution in [0.2, 0.25) is 0 Å². The number of sulfonamides is 1. The molecule has 0 radical (unpaired) electrons. The maximum absolute atomic E-state index is 12.0. The first-order chi connectivity index (χ1) is 8.53. The van der Waals surface area contributed by atoms with E-state index in [4.69, 9.17) is 5.11 Å². The molecule has 0 aliphatic carbocycles. The van der Waals surface area contributed by atoms with Crippen LogP contribution in [0.4, 0.5) is 5.82 Å². The fourth-order valence-corrected chi connectivity index (χ4v) is 2.84. The van der Waals surface area contributed by atoms with Crippen LogP contribution in [0.25, 0.3) is 0 Å². The average Bonchev–Trinajstić information content (AvgIpc) is 2.81. The third kappa shape index (κ3) is 2.71. The molecule has 0 aliphatic heterocycles. The van der Waals surface area contributed by atoms with Crippen LogP contribution >= 0.6 is 15.9 Å². The number of nitrogens with zero attached hydrogens (tertiary/aromatic N) is 1. The van der Waals surface area contributed by atoms with Crippen LogP contribution in [0.1, 0.15) is 5.69 Å². The average molecular weight is 332 g/mol. The van der Waals surface area contributed by atoms with E-state index in [-0.39, 0.29) is 17.3 Å². The molecular weight excluding hydrogens is 322 g/mol. The lowest BCUT2D eigenvalue weighted by atomic mass is 10.5. The Morgan fingerprint density at radius 2 is 2.28 bits per heavy atom. The van der Waals surface area contributed by atoms with Crippen molar-refractivity contribution in [3.8, 4) is 0 Å². The highest BCUT2D eigenvalue weighted by Crippen LogP contribution is 2.22. The number of aromatic nitrogens is 2. The summed E-state index contributed by atoms with van der Waals surface area (Å²) in [6.45, 7) is -0.247. The van der Waals surface area contributed by atoms with Gasteiger partial charge in [-0.05, 0) is 34.1 Å². The minimum atomic E-state index is -3.71. The van der Waals surface area contributed by atoms with Crippen molar-refractivity contribution < 1.29 is 13.5 Å². The van der Waals surface area contributed by atoms with Crippen LogP contribution < -0.4 is 4.72 Å². The van der Waals surface area contributed by atoms with Gasteiger partial charge < -0.3 is 10.1 Å². The van der Waals surface area contributed by atoms with Gasteiger partial charge in [-0.1, -0.05) is 0 Å². The summed E-state index contributed by atoms with van der Waals surface area (Å²) in [5.74, 6) is 0.212. The van der Waals surface area contributed by atoms with Crippen molar-refractivity contribution >= 4 is 31.8 Å². The normalized spacial score (nSPS) is 11.4. The first-order valence-electron chi connectivity index (χ1n) is 4.94. The second kappa shape index (κ2) is 5.09. The van der Waals surface area contributed by atoms with Gasteiger partial charge in [-0.25, -0.2) is 13.4 Å². The van der Waals surface area contributed by atoms with Gasteiger partial charge in [0, 0.05) is 18.1 Å². The zero-order valence-electron chi connectivity index (χ0n) is 9.09. The summed E-state index contributed by atoms with van der Waals surface area (Å²) >= 11 is 3.20. The van der Waals surface area contributed by atoms with Gasteiger partial charge in [0.15, 0.2) is 5.82 Å². The maximum Gasteiger partial charge on any atom is 0.264 e. The fourth-order valence-electron chi connectivity index (χ4n) is 1.31. The van der Waals surface area contributed by atoms with E-state index >= 15 is 0 Å². The molecule has 2 rings (SSSR count). The fraction of sp³-hybridized carbons (Fsp3) is 0.100. The summed E-state index contributed by atoms with van der Waals surface area (Å²) in [5, 5.41) is 8.88. The molecule has 96 valence electrons. The number of nitrogens with one attached hydrogen (secondary N) is 2. The van der Waals surface area contributed by atoms with E-state index in [0.717, 1.165) is 0 Å². The minimum absolute atomic E-state index is 0.0455. The molecule has 0 atom stereocenters. The molecule has 0 fully saturated rings. The van der Waals surface area contributed by atoms with Crippen LogP contribution in [-0.2, 0) is 16.6 Å². The number of rotatable bonds is 4. The number of H-pyrrole nitrogens is 1. The van der Waals surface area contributed by atoms with Gasteiger partial charge in [0.1, 0.15) is 4.90 Å². The van der Waals surface area contributed by atoms with Crippen LogP contribution in [0, 0.1) is 0 Å². The molecule has 18 heavy (non-hydrogen) atoms. The molecule has 0 amide bonds. The topological polar surface area (TPSA) is 95.1 Å². The summed E-state index contributed by atoms with van der Waals surface area (Å²) in [4.78, 5) is 6.63. The molecule has 0 spiro atoms. The SMILES string of the molecule is O=S(=O)(Nc1ncccc1Br)c1c[nH]c(CO)c1. The molecule has 0 unspecified atom stereocenters. The molecule has 2 aromatic rings. The maximum atomic E-state index is 12.0. The third-order valence-electron chi connectivity index (χ3n) is 2.19. The lowest BCUT2D eigenvalue weighted by molar-refractivity contribution is 0.277. The van der Waals surface area contributed by atoms with Crippen LogP contribution in [0.5, 0.6) is 0 Å². The number of pyridine rings is 1. The van der Waals surface area contributed by atoms with E-state index in [0.29, 0.717) is 10.2 Å². The van der Waals surface area contributed by atoms with Crippen LogP contribution in [-0.4, -0.2) is 23.5 Å². The summed E-state index contributed by atoms with van der Waals surface area (Å²) < 4.78 is 26.9. The molecular formula is C10H10BrN3O3S. The molecule has 8 heteroatoms. The second-order valence-electron chi connectivity index (χ2n) is 3.46. The summed E-state index contributed by atoms with van der Waals surface area (Å²) in [6, 6.07) is 4.72. The highest BCUT2D eigenvalue weighted by molar-refractivity contribution is 9.10. The summed E-state index contributed by atoms with van der Waals surface area (Å²) in [6.07, 6.45) is 2.80. The largest absolute Gasteiger partial charge is 0.390 e. The van der Waals surface area contributed by atoms with Crippen LogP contribution in [0.15, 0.2) is 40.0 Å². The van der Waals surface area contributed by atoms with Gasteiger partial charge in [0.05, 0.1) is 11.1 Å². The molecule has 0 bridgehead atoms. The minimum Gasteiger partial charge on any atom is -0.390 e. The molecule has 2 heterocycles. The zero-order chi connectivity index (χ0) is 13.2. The van der Waals surface area contributed by atoms with Gasteiger partial charge in [0.25, 0.3) is 10.0 Å². The molecule has 3 N–H and O–H groups in total. The number of aliphatic hydroxyl groups excluding tert-OH is 1. The lowest BCUT2D eigenvalue weighted by Gasteiger charge is -2.06. The lowest BCUT2D eigenvalue weighted by Crippen LogP contribution is -2.13. The van der Waals surface area contributed by atoms with Crippen molar-refractivity contribution in [2.24, 2.45) is 0 Å². The number of hydrogen-bond donors (Lipinski definition) is 3. The molecule has 0 aliphatic rings. The van der Waals surface area contributed by atoms with E-state index in [9.17, 15) is 8.42 Å². The molecule has 0 aromatic carbocycles. The smallest absolute Gasteiger partial charge is 0.264 e. The Bertz CT molecular complexity index is 654. The number of aromatic amines is 1. The van der Waals surface area contributed by atoms with Gasteiger partial charge in [-0.2, -0.15) is 0 Å². The number of halogens is 1. The number of aliphatic hydroxyl groups is 1. The number of anilines is 1. The van der Waals surface area contributed by atoms with Crippen molar-refractivity contribution in [2.45, 2.75) is 11.5 Å². The molecule has 6 nitrogen and oxygen atoms in total. The van der Waals surface area contributed by atoms with E-state index in [1.807, 2.05) is 0 Å². The van der Waals surface area contributed by atoms with Gasteiger partial charge in [-0.3, -0.25) is 4.72 Å². The van der Waals surface area contributed by atoms with Crippen molar-refractivity contribution in [1.82, 2.24) is 9.97 Å². The standard InChI is InChI=1S/C10H10BrN3O3S/c11-9-2-1-3-12-10(9)14-18(16,17)8-4-7(6-15)13-5-8/h1-5,13,15H,6H2,(H,12,14). The van der Waals surface area contributed by atoms with Crippen molar-refractivity contribution in [3.05, 3.63) is 40.8 Å². The number of hydrogen-bond acceptors (Lipinski definition) is 4. The van der Waals surface area contributed by atoms with E-state index < -0.39 is 10.0 Å². The second-order valence-corrected chi connectivity index (χ2v) is 5.99. The van der Waals surface area contributed by atoms with Gasteiger partial charge >= 0.3 is 0 Å². The van der Waals surface area contributed by atoms with Gasteiger partial charge in [-0.15, -0.1) is 0 Å². The summed E-state index contributed by atoms with van der Waals surface area (Å²) in [7, 11) is -3.71. The Kier molecular flexibility index (Phi) is 3.69. The van der Waals surface area contributed by atoms with Crippen molar-refractivity contribution in [3.63, 3.8) is 0 Å².